The summed E-state index contributed by atoms with van der Waals surface area (Å²) in [5.74, 6) is 1.46. The molecule has 0 spiro atoms. The molecular weight excluding hydrogens is 230 g/mol. The third kappa shape index (κ3) is 45.0. The number of carbonyl (C=O) groups is 1. The van der Waals surface area contributed by atoms with Crippen molar-refractivity contribution < 1.29 is 15.0 Å². The minimum absolute atomic E-state index is 0.233. The lowest BCUT2D eigenvalue weighted by Crippen LogP contribution is -2.10. The number of Topliss-reactive ketones (excluding diaryl/α,β-unsaturated/α-hetero) is 1. The van der Waals surface area contributed by atoms with E-state index in [1.807, 2.05) is 13.8 Å². The van der Waals surface area contributed by atoms with Gasteiger partial charge in [0.25, 0.3) is 0 Å². The number of nitrogens with one attached hydrogen (secondary N) is 1. The van der Waals surface area contributed by atoms with Crippen LogP contribution < -0.4 is 5.32 Å². The van der Waals surface area contributed by atoms with Crippen molar-refractivity contribution in [2.75, 3.05) is 26.8 Å². The van der Waals surface area contributed by atoms with E-state index >= 15 is 0 Å². The van der Waals surface area contributed by atoms with Crippen molar-refractivity contribution in [3.8, 4) is 0 Å². The molecule has 0 aromatic rings. The highest BCUT2D eigenvalue weighted by atomic mass is 16.3. The van der Waals surface area contributed by atoms with Gasteiger partial charge in [-0.15, -0.1) is 0 Å². The van der Waals surface area contributed by atoms with Gasteiger partial charge in [0.2, 0.25) is 0 Å². The fourth-order valence-corrected chi connectivity index (χ4v) is 0.945. The number of carbonyl (C=O) groups excluding carboxylic acids is 1. The van der Waals surface area contributed by atoms with Gasteiger partial charge in [0, 0.05) is 19.6 Å². The SMILES string of the molecule is CC(=O)CC(C)C.CC(C)CCO.CNCCO. The molecule has 0 aliphatic heterocycles. The Balaban J connectivity index is -0.000000190. The summed E-state index contributed by atoms with van der Waals surface area (Å²) in [6.07, 6.45) is 1.65. The van der Waals surface area contributed by atoms with Crippen molar-refractivity contribution in [2.24, 2.45) is 11.8 Å². The maximum Gasteiger partial charge on any atom is 0.130 e. The highest BCUT2D eigenvalue weighted by Gasteiger charge is 1.95. The molecule has 18 heavy (non-hydrogen) atoms. The molecule has 0 amide bonds. The maximum absolute atomic E-state index is 10.3. The zero-order valence-electron chi connectivity index (χ0n) is 13.0. The van der Waals surface area contributed by atoms with Gasteiger partial charge in [-0.05, 0) is 32.2 Å². The van der Waals surface area contributed by atoms with Crippen LogP contribution in [0.25, 0.3) is 0 Å². The zero-order valence-corrected chi connectivity index (χ0v) is 13.0. The van der Waals surface area contributed by atoms with Gasteiger partial charge < -0.3 is 20.3 Å². The van der Waals surface area contributed by atoms with Crippen LogP contribution in [-0.2, 0) is 4.79 Å². The monoisotopic (exact) mass is 263 g/mol. The van der Waals surface area contributed by atoms with Gasteiger partial charge in [0.1, 0.15) is 5.78 Å². The van der Waals surface area contributed by atoms with Crippen molar-refractivity contribution in [2.45, 2.75) is 47.5 Å². The Bertz CT molecular complexity index is 157. The van der Waals surface area contributed by atoms with E-state index in [1.165, 1.54) is 0 Å². The van der Waals surface area contributed by atoms with Crippen molar-refractivity contribution in [3.63, 3.8) is 0 Å². The molecule has 4 nitrogen and oxygen atoms in total. The van der Waals surface area contributed by atoms with Gasteiger partial charge in [0.15, 0.2) is 0 Å². The lowest BCUT2D eigenvalue weighted by Gasteiger charge is -1.95. The van der Waals surface area contributed by atoms with Gasteiger partial charge in [0.05, 0.1) is 6.61 Å². The first-order chi connectivity index (χ1) is 8.31. The maximum atomic E-state index is 10.3. The number of aliphatic hydroxyl groups is 2. The summed E-state index contributed by atoms with van der Waals surface area (Å²) in [5.41, 5.74) is 0. The van der Waals surface area contributed by atoms with Crippen LogP contribution in [0.1, 0.15) is 47.5 Å². The van der Waals surface area contributed by atoms with E-state index in [0.717, 1.165) is 12.8 Å². The van der Waals surface area contributed by atoms with E-state index in [9.17, 15) is 4.79 Å². The second-order valence-corrected chi connectivity index (χ2v) is 5.03. The van der Waals surface area contributed by atoms with Crippen LogP contribution in [0.3, 0.4) is 0 Å². The number of ketones is 1. The average molecular weight is 263 g/mol. The summed E-state index contributed by atoms with van der Waals surface area (Å²) in [7, 11) is 1.80. The van der Waals surface area contributed by atoms with Gasteiger partial charge in [-0.2, -0.15) is 0 Å². The van der Waals surface area contributed by atoms with E-state index in [2.05, 4.69) is 19.2 Å². The molecule has 0 fully saturated rings. The van der Waals surface area contributed by atoms with E-state index in [1.54, 1.807) is 14.0 Å². The van der Waals surface area contributed by atoms with Crippen LogP contribution >= 0.6 is 0 Å². The molecule has 0 aliphatic rings. The zero-order chi connectivity index (χ0) is 15.0. The number of aliphatic hydroxyl groups excluding tert-OH is 2. The predicted octanol–water partition coefficient (Wildman–Crippen LogP) is 1.84. The molecule has 0 bridgehead atoms. The van der Waals surface area contributed by atoms with Crippen molar-refractivity contribution >= 4 is 5.78 Å². The fourth-order valence-electron chi connectivity index (χ4n) is 0.945. The molecule has 0 saturated heterocycles. The van der Waals surface area contributed by atoms with Crippen LogP contribution in [0.4, 0.5) is 0 Å². The van der Waals surface area contributed by atoms with Crippen molar-refractivity contribution in [1.29, 1.82) is 0 Å². The highest BCUT2D eigenvalue weighted by Crippen LogP contribution is 1.97. The number of hydrogen-bond acceptors (Lipinski definition) is 4. The summed E-state index contributed by atoms with van der Waals surface area (Å²) in [6, 6.07) is 0. The van der Waals surface area contributed by atoms with Gasteiger partial charge in [-0.3, -0.25) is 0 Å². The quantitative estimate of drug-likeness (QED) is 0.684. The number of rotatable bonds is 6. The summed E-state index contributed by atoms with van der Waals surface area (Å²) in [6.45, 7) is 11.2. The van der Waals surface area contributed by atoms with E-state index in [-0.39, 0.29) is 12.4 Å². The Morgan fingerprint density at radius 2 is 1.56 bits per heavy atom. The summed E-state index contributed by atoms with van der Waals surface area (Å²) < 4.78 is 0. The molecule has 0 atom stereocenters. The average Bonchev–Trinajstić information content (AvgIpc) is 2.17. The van der Waals surface area contributed by atoms with E-state index in [4.69, 9.17) is 10.2 Å². The largest absolute Gasteiger partial charge is 0.396 e. The van der Waals surface area contributed by atoms with Crippen molar-refractivity contribution in [3.05, 3.63) is 0 Å². The molecule has 0 aromatic heterocycles. The minimum atomic E-state index is 0.233. The molecule has 3 N–H and O–H groups in total. The smallest absolute Gasteiger partial charge is 0.130 e. The second-order valence-electron chi connectivity index (χ2n) is 5.03. The van der Waals surface area contributed by atoms with Gasteiger partial charge >= 0.3 is 0 Å². The summed E-state index contributed by atoms with van der Waals surface area (Å²) >= 11 is 0. The van der Waals surface area contributed by atoms with Crippen LogP contribution in [-0.4, -0.2) is 42.8 Å². The Morgan fingerprint density at radius 1 is 1.06 bits per heavy atom. The molecule has 112 valence electrons. The molecule has 0 heterocycles. The first kappa shape index (κ1) is 22.7. The van der Waals surface area contributed by atoms with E-state index < -0.39 is 0 Å². The third-order valence-corrected chi connectivity index (χ3v) is 1.76. The molecule has 0 aliphatic carbocycles. The Kier molecular flexibility index (Phi) is 23.8. The predicted molar refractivity (Wildman–Crippen MR) is 77.7 cm³/mol. The normalized spacial score (nSPS) is 9.44. The van der Waals surface area contributed by atoms with Gasteiger partial charge in [-0.1, -0.05) is 27.7 Å². The van der Waals surface area contributed by atoms with E-state index in [0.29, 0.717) is 25.0 Å². The molecule has 4 heteroatoms. The molecule has 0 aromatic carbocycles. The standard InChI is InChI=1S/C6H12O.C5H12O.C3H9NO/c1-5(2)4-6(3)7;1-5(2)3-4-6;1-4-2-3-5/h5H,4H2,1-3H3;5-6H,3-4H2,1-2H3;4-5H,2-3H2,1H3. The third-order valence-electron chi connectivity index (χ3n) is 1.76. The van der Waals surface area contributed by atoms with Crippen molar-refractivity contribution in [1.82, 2.24) is 5.32 Å². The molecule has 0 rings (SSSR count). The number of hydrogen-bond donors (Lipinski definition) is 3. The van der Waals surface area contributed by atoms with Crippen LogP contribution in [0.2, 0.25) is 0 Å². The molecule has 0 radical (unpaired) electrons. The summed E-state index contributed by atoms with van der Waals surface area (Å²) in [4.78, 5) is 10.3. The Labute approximate surface area is 113 Å². The highest BCUT2D eigenvalue weighted by molar-refractivity contribution is 5.75. The first-order valence-corrected chi connectivity index (χ1v) is 6.67. The van der Waals surface area contributed by atoms with Crippen LogP contribution in [0.5, 0.6) is 0 Å². The summed E-state index contributed by atoms with van der Waals surface area (Å²) in [5, 5.41) is 19.0. The van der Waals surface area contributed by atoms with Crippen LogP contribution in [0.15, 0.2) is 0 Å². The second kappa shape index (κ2) is 18.9. The Morgan fingerprint density at radius 3 is 1.56 bits per heavy atom. The molecule has 0 unspecified atom stereocenters. The topological polar surface area (TPSA) is 69.6 Å². The number of likely N-dealkylation sites (N-methyl/N-ethyl adjacent to an activating group) is 1. The lowest BCUT2D eigenvalue weighted by atomic mass is 10.1. The Hall–Kier alpha value is -0.450. The molecule has 0 saturated carbocycles. The first-order valence-electron chi connectivity index (χ1n) is 6.67. The minimum Gasteiger partial charge on any atom is -0.396 e. The molecular formula is C14H33NO3. The van der Waals surface area contributed by atoms with Gasteiger partial charge in [-0.25, -0.2) is 0 Å². The fraction of sp³-hybridized carbons (Fsp3) is 0.929. The lowest BCUT2D eigenvalue weighted by molar-refractivity contribution is -0.117. The van der Waals surface area contributed by atoms with Crippen LogP contribution in [0, 0.1) is 11.8 Å².